The van der Waals surface area contributed by atoms with Gasteiger partial charge in [-0.2, -0.15) is 0 Å². The zero-order valence-corrected chi connectivity index (χ0v) is 16.5. The molecule has 150 valence electrons. The number of fused-ring (bicyclic) bond motifs is 1. The quantitative estimate of drug-likeness (QED) is 0.668. The molecule has 3 aromatic rings. The minimum atomic E-state index is -0.330. The lowest BCUT2D eigenvalue weighted by Crippen LogP contribution is -2.31. The first-order valence-electron chi connectivity index (χ1n) is 9.78. The van der Waals surface area contributed by atoms with E-state index in [2.05, 4.69) is 29.1 Å². The maximum atomic E-state index is 12.5. The number of ether oxygens (including phenoxy) is 1. The molecule has 7 heteroatoms. The highest BCUT2D eigenvalue weighted by Crippen LogP contribution is 2.29. The van der Waals surface area contributed by atoms with Crippen molar-refractivity contribution in [1.29, 1.82) is 0 Å². The third-order valence-electron chi connectivity index (χ3n) is 4.94. The van der Waals surface area contributed by atoms with Crippen LogP contribution in [0.4, 0.5) is 5.69 Å². The first-order chi connectivity index (χ1) is 14.0. The van der Waals surface area contributed by atoms with Crippen LogP contribution in [0, 0.1) is 11.8 Å². The first-order valence-corrected chi connectivity index (χ1v) is 9.78. The zero-order chi connectivity index (χ0) is 20.4. The van der Waals surface area contributed by atoms with E-state index in [-0.39, 0.29) is 24.2 Å². The molecule has 0 bridgehead atoms. The number of aromatic amines is 1. The molecule has 1 fully saturated rings. The van der Waals surface area contributed by atoms with Gasteiger partial charge in [-0.1, -0.05) is 19.9 Å². The molecule has 29 heavy (non-hydrogen) atoms. The van der Waals surface area contributed by atoms with Crippen molar-refractivity contribution in [2.75, 3.05) is 18.4 Å². The first kappa shape index (κ1) is 19.0. The number of H-pyrrole nitrogens is 1. The van der Waals surface area contributed by atoms with Crippen LogP contribution in [0.3, 0.4) is 0 Å². The summed E-state index contributed by atoms with van der Waals surface area (Å²) in [6, 6.07) is 11.2. The van der Waals surface area contributed by atoms with E-state index in [1.165, 1.54) is 0 Å². The molecule has 2 aromatic heterocycles. The molecule has 3 heterocycles. The Labute approximate surface area is 169 Å². The fourth-order valence-corrected chi connectivity index (χ4v) is 3.58. The van der Waals surface area contributed by atoms with Crippen molar-refractivity contribution in [3.63, 3.8) is 0 Å². The molecular weight excluding hydrogens is 368 g/mol. The van der Waals surface area contributed by atoms with Gasteiger partial charge in [-0.05, 0) is 30.2 Å². The predicted molar refractivity (Wildman–Crippen MR) is 111 cm³/mol. The molecule has 1 aliphatic heterocycles. The summed E-state index contributed by atoms with van der Waals surface area (Å²) in [5.41, 5.74) is 1.57. The molecule has 0 saturated carbocycles. The minimum absolute atomic E-state index is 0.0413. The summed E-state index contributed by atoms with van der Waals surface area (Å²) in [6.07, 6.45) is 3.68. The Balaban J connectivity index is 1.38. The summed E-state index contributed by atoms with van der Waals surface area (Å²) in [7, 11) is 0. The van der Waals surface area contributed by atoms with Crippen LogP contribution in [-0.2, 0) is 9.59 Å². The van der Waals surface area contributed by atoms with Crippen LogP contribution in [0.15, 0.2) is 48.8 Å². The number of likely N-dealkylation sites (tertiary alicyclic amines) is 1. The van der Waals surface area contributed by atoms with Crippen molar-refractivity contribution in [1.82, 2.24) is 14.9 Å². The summed E-state index contributed by atoms with van der Waals surface area (Å²) in [6.45, 7) is 5.28. The molecule has 1 saturated heterocycles. The highest BCUT2D eigenvalue weighted by Gasteiger charge is 2.34. The van der Waals surface area contributed by atoms with Crippen molar-refractivity contribution >= 4 is 28.4 Å². The Morgan fingerprint density at radius 2 is 2.17 bits per heavy atom. The minimum Gasteiger partial charge on any atom is -0.438 e. The number of amides is 2. The normalized spacial score (nSPS) is 16.6. The van der Waals surface area contributed by atoms with Gasteiger partial charge in [0.25, 0.3) is 0 Å². The Morgan fingerprint density at radius 3 is 2.93 bits per heavy atom. The van der Waals surface area contributed by atoms with E-state index >= 15 is 0 Å². The number of rotatable bonds is 6. The van der Waals surface area contributed by atoms with E-state index in [9.17, 15) is 9.59 Å². The van der Waals surface area contributed by atoms with Crippen molar-refractivity contribution in [2.45, 2.75) is 20.3 Å². The number of anilines is 1. The molecule has 2 amide bonds. The van der Waals surface area contributed by atoms with Gasteiger partial charge in [0.15, 0.2) is 0 Å². The predicted octanol–water partition coefficient (Wildman–Crippen LogP) is 3.80. The molecule has 0 radical (unpaired) electrons. The van der Waals surface area contributed by atoms with Gasteiger partial charge < -0.3 is 19.9 Å². The number of benzene rings is 1. The van der Waals surface area contributed by atoms with E-state index < -0.39 is 0 Å². The molecule has 0 aliphatic carbocycles. The van der Waals surface area contributed by atoms with Crippen LogP contribution in [-0.4, -0.2) is 39.8 Å². The highest BCUT2D eigenvalue weighted by atomic mass is 16.5. The maximum Gasteiger partial charge on any atom is 0.229 e. The van der Waals surface area contributed by atoms with E-state index in [0.717, 1.165) is 10.9 Å². The SMILES string of the molecule is CC(C)CN1CC(C(=O)Nc2ccc(Oc3cccc4[nH]ccc34)nc2)CC1=O. The summed E-state index contributed by atoms with van der Waals surface area (Å²) >= 11 is 0. The zero-order valence-electron chi connectivity index (χ0n) is 16.5. The van der Waals surface area contributed by atoms with Crippen LogP contribution < -0.4 is 10.1 Å². The van der Waals surface area contributed by atoms with Gasteiger partial charge in [-0.25, -0.2) is 4.98 Å². The number of hydrogen-bond donors (Lipinski definition) is 2. The van der Waals surface area contributed by atoms with Gasteiger partial charge in [-0.15, -0.1) is 0 Å². The molecule has 1 atom stereocenters. The molecule has 0 spiro atoms. The largest absolute Gasteiger partial charge is 0.438 e. The summed E-state index contributed by atoms with van der Waals surface area (Å²) < 4.78 is 5.88. The standard InChI is InChI=1S/C22H24N4O3/c1-14(2)12-26-13-15(10-21(26)27)22(28)25-16-6-7-20(24-11-16)29-19-5-3-4-18-17(19)8-9-23-18/h3-9,11,14-15,23H,10,12-13H2,1-2H3,(H,25,28). The van der Waals surface area contributed by atoms with Gasteiger partial charge in [0.05, 0.1) is 17.8 Å². The van der Waals surface area contributed by atoms with Crippen LogP contribution in [0.25, 0.3) is 10.9 Å². The van der Waals surface area contributed by atoms with E-state index in [1.54, 1.807) is 23.2 Å². The van der Waals surface area contributed by atoms with Crippen molar-refractivity contribution < 1.29 is 14.3 Å². The van der Waals surface area contributed by atoms with Crippen LogP contribution >= 0.6 is 0 Å². The highest BCUT2D eigenvalue weighted by molar-refractivity contribution is 5.97. The maximum absolute atomic E-state index is 12.5. The molecular formula is C22H24N4O3. The average molecular weight is 392 g/mol. The van der Waals surface area contributed by atoms with Gasteiger partial charge in [0.2, 0.25) is 17.7 Å². The van der Waals surface area contributed by atoms with Gasteiger partial charge in [0, 0.05) is 42.7 Å². The molecule has 2 N–H and O–H groups in total. The second kappa shape index (κ2) is 7.95. The van der Waals surface area contributed by atoms with Crippen molar-refractivity contribution in [2.24, 2.45) is 11.8 Å². The third-order valence-corrected chi connectivity index (χ3v) is 4.94. The van der Waals surface area contributed by atoms with Gasteiger partial charge >= 0.3 is 0 Å². The van der Waals surface area contributed by atoms with E-state index in [0.29, 0.717) is 36.3 Å². The molecule has 1 aromatic carbocycles. The topological polar surface area (TPSA) is 87.3 Å². The number of nitrogens with zero attached hydrogens (tertiary/aromatic N) is 2. The summed E-state index contributed by atoms with van der Waals surface area (Å²) in [4.78, 5) is 33.8. The lowest BCUT2D eigenvalue weighted by molar-refractivity contribution is -0.128. The lowest BCUT2D eigenvalue weighted by Gasteiger charge is -2.18. The number of hydrogen-bond acceptors (Lipinski definition) is 4. The Hall–Kier alpha value is -3.35. The van der Waals surface area contributed by atoms with Crippen molar-refractivity contribution in [3.8, 4) is 11.6 Å². The number of aromatic nitrogens is 2. The van der Waals surface area contributed by atoms with Gasteiger partial charge in [0.1, 0.15) is 5.75 Å². The second-order valence-corrected chi connectivity index (χ2v) is 7.77. The Bertz CT molecular complexity index is 1030. The van der Waals surface area contributed by atoms with Crippen molar-refractivity contribution in [3.05, 3.63) is 48.8 Å². The molecule has 4 rings (SSSR count). The second-order valence-electron chi connectivity index (χ2n) is 7.77. The van der Waals surface area contributed by atoms with E-state index in [1.807, 2.05) is 30.5 Å². The van der Waals surface area contributed by atoms with Gasteiger partial charge in [-0.3, -0.25) is 9.59 Å². The molecule has 1 unspecified atom stereocenters. The lowest BCUT2D eigenvalue weighted by atomic mass is 10.1. The fraction of sp³-hybridized carbons (Fsp3) is 0.318. The van der Waals surface area contributed by atoms with Crippen LogP contribution in [0.2, 0.25) is 0 Å². The third kappa shape index (κ3) is 4.23. The summed E-state index contributed by atoms with van der Waals surface area (Å²) in [5, 5.41) is 3.83. The van der Waals surface area contributed by atoms with Crippen LogP contribution in [0.5, 0.6) is 11.6 Å². The number of carbonyl (C=O) groups excluding carboxylic acids is 2. The molecule has 7 nitrogen and oxygen atoms in total. The Kier molecular flexibility index (Phi) is 5.20. The average Bonchev–Trinajstić information content (AvgIpc) is 3.31. The molecule has 1 aliphatic rings. The number of nitrogens with one attached hydrogen (secondary N) is 2. The van der Waals surface area contributed by atoms with E-state index in [4.69, 9.17) is 4.74 Å². The van der Waals surface area contributed by atoms with Crippen LogP contribution in [0.1, 0.15) is 20.3 Å². The fourth-order valence-electron chi connectivity index (χ4n) is 3.58. The summed E-state index contributed by atoms with van der Waals surface area (Å²) in [5.74, 6) is 1.09. The monoisotopic (exact) mass is 392 g/mol. The smallest absolute Gasteiger partial charge is 0.229 e. The number of pyridine rings is 1. The Morgan fingerprint density at radius 1 is 1.31 bits per heavy atom. The number of carbonyl (C=O) groups is 2.